The average molecular weight is 299 g/mol. The van der Waals surface area contributed by atoms with Crippen LogP contribution in [0, 0.1) is 0 Å². The summed E-state index contributed by atoms with van der Waals surface area (Å²) in [4.78, 5) is 14.2. The molecule has 4 rings (SSSR count). The number of anilines is 2. The maximum absolute atomic E-state index is 5.45. The number of rotatable bonds is 2. The maximum atomic E-state index is 5.45. The first-order chi connectivity index (χ1) is 10.9. The van der Waals surface area contributed by atoms with Crippen LogP contribution in [0.15, 0.2) is 24.4 Å². The fraction of sp³-hybridized carbons (Fsp3) is 0.500. The van der Waals surface area contributed by atoms with Gasteiger partial charge < -0.3 is 19.9 Å². The van der Waals surface area contributed by atoms with E-state index in [4.69, 9.17) is 9.72 Å². The lowest BCUT2D eigenvalue weighted by molar-refractivity contribution is 0.122. The van der Waals surface area contributed by atoms with Crippen LogP contribution in [0.2, 0.25) is 0 Å². The molecule has 0 saturated carbocycles. The zero-order chi connectivity index (χ0) is 14.8. The summed E-state index contributed by atoms with van der Waals surface area (Å²) in [5.74, 6) is 2.08. The normalized spacial score (nSPS) is 19.6. The fourth-order valence-electron chi connectivity index (χ4n) is 3.12. The highest BCUT2D eigenvalue weighted by molar-refractivity contribution is 5.91. The molecule has 4 heterocycles. The fourth-order valence-corrected chi connectivity index (χ4v) is 3.12. The van der Waals surface area contributed by atoms with E-state index in [-0.39, 0.29) is 0 Å². The molecule has 6 nitrogen and oxygen atoms in total. The first kappa shape index (κ1) is 13.7. The molecule has 2 aliphatic rings. The van der Waals surface area contributed by atoms with Gasteiger partial charge >= 0.3 is 0 Å². The number of hydrogen-bond donors (Lipinski definition) is 1. The van der Waals surface area contributed by atoms with Crippen molar-refractivity contribution in [2.24, 2.45) is 0 Å². The van der Waals surface area contributed by atoms with Crippen LogP contribution in [-0.2, 0) is 4.74 Å². The van der Waals surface area contributed by atoms with Gasteiger partial charge in [0.15, 0.2) is 0 Å². The molecule has 0 amide bonds. The van der Waals surface area contributed by atoms with Gasteiger partial charge in [-0.2, -0.15) is 0 Å². The highest BCUT2D eigenvalue weighted by atomic mass is 16.5. The van der Waals surface area contributed by atoms with Crippen molar-refractivity contribution in [2.75, 3.05) is 62.3 Å². The topological polar surface area (TPSA) is 53.5 Å². The molecule has 2 aromatic heterocycles. The zero-order valence-corrected chi connectivity index (χ0v) is 12.7. The van der Waals surface area contributed by atoms with Gasteiger partial charge in [0.2, 0.25) is 0 Å². The van der Waals surface area contributed by atoms with Crippen molar-refractivity contribution in [3.8, 4) is 0 Å². The van der Waals surface area contributed by atoms with Gasteiger partial charge in [0.25, 0.3) is 0 Å². The highest BCUT2D eigenvalue weighted by Gasteiger charge is 2.19. The third-order valence-electron chi connectivity index (χ3n) is 4.32. The van der Waals surface area contributed by atoms with Gasteiger partial charge in [-0.15, -0.1) is 0 Å². The van der Waals surface area contributed by atoms with Crippen LogP contribution < -0.4 is 15.1 Å². The minimum absolute atomic E-state index is 0.769. The van der Waals surface area contributed by atoms with Gasteiger partial charge in [0.05, 0.1) is 18.7 Å². The van der Waals surface area contributed by atoms with Crippen molar-refractivity contribution < 1.29 is 4.74 Å². The molecule has 0 spiro atoms. The predicted octanol–water partition coefficient (Wildman–Crippen LogP) is 0.876. The molecule has 6 heteroatoms. The Morgan fingerprint density at radius 2 is 1.86 bits per heavy atom. The molecule has 22 heavy (non-hydrogen) atoms. The third kappa shape index (κ3) is 2.60. The summed E-state index contributed by atoms with van der Waals surface area (Å²) in [5.41, 5.74) is 1.02. The van der Waals surface area contributed by atoms with Crippen LogP contribution >= 0.6 is 0 Å². The zero-order valence-electron chi connectivity index (χ0n) is 12.7. The molecule has 0 radical (unpaired) electrons. The maximum Gasteiger partial charge on any atom is 0.140 e. The van der Waals surface area contributed by atoms with Gasteiger partial charge in [-0.1, -0.05) is 0 Å². The first-order valence-electron chi connectivity index (χ1n) is 7.96. The van der Waals surface area contributed by atoms with E-state index in [2.05, 4.69) is 32.2 Å². The predicted molar refractivity (Wildman–Crippen MR) is 87.7 cm³/mol. The molecule has 0 aliphatic carbocycles. The smallest absolute Gasteiger partial charge is 0.140 e. The molecule has 116 valence electrons. The molecule has 2 aromatic rings. The van der Waals surface area contributed by atoms with Crippen LogP contribution in [0.5, 0.6) is 0 Å². The number of nitrogens with one attached hydrogen (secondary N) is 1. The summed E-state index contributed by atoms with van der Waals surface area (Å²) in [6.45, 7) is 7.32. The Hall–Kier alpha value is -1.92. The summed E-state index contributed by atoms with van der Waals surface area (Å²) in [7, 11) is 0. The lowest BCUT2D eigenvalue weighted by Gasteiger charge is -2.32. The van der Waals surface area contributed by atoms with E-state index < -0.39 is 0 Å². The number of aromatic nitrogens is 2. The van der Waals surface area contributed by atoms with E-state index in [0.29, 0.717) is 0 Å². The molecular formula is C16H21N5O. The SMILES string of the molecule is c1cnc2cc(N3CCOCC3)nc(N3CCNCC3)c2c1. The quantitative estimate of drug-likeness (QED) is 0.888. The Bertz CT molecular complexity index is 650. The number of piperazine rings is 1. The molecule has 0 unspecified atom stereocenters. The van der Waals surface area contributed by atoms with Crippen LogP contribution in [0.1, 0.15) is 0 Å². The molecule has 1 N–H and O–H groups in total. The average Bonchev–Trinajstić information content (AvgIpc) is 2.62. The molecule has 0 atom stereocenters. The Kier molecular flexibility index (Phi) is 3.78. The van der Waals surface area contributed by atoms with Crippen molar-refractivity contribution in [3.63, 3.8) is 0 Å². The van der Waals surface area contributed by atoms with Crippen LogP contribution in [0.3, 0.4) is 0 Å². The highest BCUT2D eigenvalue weighted by Crippen LogP contribution is 2.28. The van der Waals surface area contributed by atoms with Gasteiger partial charge in [0, 0.05) is 56.9 Å². The van der Waals surface area contributed by atoms with Gasteiger partial charge in [-0.3, -0.25) is 4.98 Å². The molecule has 2 fully saturated rings. The van der Waals surface area contributed by atoms with E-state index in [9.17, 15) is 0 Å². The van der Waals surface area contributed by atoms with Crippen molar-refractivity contribution in [1.29, 1.82) is 0 Å². The van der Waals surface area contributed by atoms with Gasteiger partial charge in [-0.25, -0.2) is 4.98 Å². The number of morpholine rings is 1. The minimum atomic E-state index is 0.769. The van der Waals surface area contributed by atoms with E-state index in [1.807, 2.05) is 12.3 Å². The second kappa shape index (κ2) is 6.06. The van der Waals surface area contributed by atoms with Gasteiger partial charge in [-0.05, 0) is 12.1 Å². The first-order valence-corrected chi connectivity index (χ1v) is 7.96. The summed E-state index contributed by atoms with van der Waals surface area (Å²) in [5, 5.41) is 4.54. The van der Waals surface area contributed by atoms with Crippen molar-refractivity contribution >= 4 is 22.5 Å². The van der Waals surface area contributed by atoms with Crippen LogP contribution in [0.25, 0.3) is 10.9 Å². The van der Waals surface area contributed by atoms with E-state index >= 15 is 0 Å². The van der Waals surface area contributed by atoms with Crippen molar-refractivity contribution in [3.05, 3.63) is 24.4 Å². The number of nitrogens with zero attached hydrogens (tertiary/aromatic N) is 4. The molecular weight excluding hydrogens is 278 g/mol. The van der Waals surface area contributed by atoms with E-state index in [1.54, 1.807) is 0 Å². The monoisotopic (exact) mass is 299 g/mol. The van der Waals surface area contributed by atoms with E-state index in [1.165, 1.54) is 0 Å². The summed E-state index contributed by atoms with van der Waals surface area (Å²) in [6.07, 6.45) is 1.85. The molecule has 0 bridgehead atoms. The minimum Gasteiger partial charge on any atom is -0.378 e. The number of ether oxygens (including phenoxy) is 1. The van der Waals surface area contributed by atoms with Gasteiger partial charge in [0.1, 0.15) is 11.6 Å². The summed E-state index contributed by atoms with van der Waals surface area (Å²) < 4.78 is 5.45. The standard InChI is InChI=1S/C16H21N5O/c1-2-13-14(18-3-1)12-15(20-8-10-22-11-9-20)19-16(13)21-6-4-17-5-7-21/h1-3,12,17H,4-11H2. The Labute approximate surface area is 130 Å². The van der Waals surface area contributed by atoms with Crippen molar-refractivity contribution in [1.82, 2.24) is 15.3 Å². The molecule has 0 aromatic carbocycles. The Balaban J connectivity index is 1.78. The number of hydrogen-bond acceptors (Lipinski definition) is 6. The second-order valence-corrected chi connectivity index (χ2v) is 5.71. The summed E-state index contributed by atoms with van der Waals surface area (Å²) in [6, 6.07) is 6.21. The molecule has 2 saturated heterocycles. The lowest BCUT2D eigenvalue weighted by atomic mass is 10.2. The Morgan fingerprint density at radius 3 is 2.68 bits per heavy atom. The lowest BCUT2D eigenvalue weighted by Crippen LogP contribution is -2.44. The third-order valence-corrected chi connectivity index (χ3v) is 4.32. The second-order valence-electron chi connectivity index (χ2n) is 5.71. The number of fused-ring (bicyclic) bond motifs is 1. The number of pyridine rings is 2. The summed E-state index contributed by atoms with van der Waals surface area (Å²) >= 11 is 0. The van der Waals surface area contributed by atoms with E-state index in [0.717, 1.165) is 75.0 Å². The largest absolute Gasteiger partial charge is 0.378 e. The Morgan fingerprint density at radius 1 is 1.05 bits per heavy atom. The molecule has 2 aliphatic heterocycles. The van der Waals surface area contributed by atoms with Crippen molar-refractivity contribution in [2.45, 2.75) is 0 Å². The van der Waals surface area contributed by atoms with Crippen LogP contribution in [-0.4, -0.2) is 62.5 Å². The van der Waals surface area contributed by atoms with Crippen LogP contribution in [0.4, 0.5) is 11.6 Å².